The van der Waals surface area contributed by atoms with Crippen LogP contribution in [0.5, 0.6) is 0 Å². The molecule has 0 aliphatic carbocycles. The summed E-state index contributed by atoms with van der Waals surface area (Å²) in [5, 5.41) is 1.12. The third kappa shape index (κ3) is 2.28. The fourth-order valence-corrected chi connectivity index (χ4v) is 3.70. The van der Waals surface area contributed by atoms with Gasteiger partial charge in [-0.2, -0.15) is 0 Å². The largest absolute Gasteiger partial charge is 0.215 e. The smallest absolute Gasteiger partial charge is 0.129 e. The molecule has 0 bridgehead atoms. The van der Waals surface area contributed by atoms with Crippen LogP contribution in [0.15, 0.2) is 60.7 Å². The molecule has 3 heteroatoms. The molecule has 0 fully saturated rings. The molecule has 17 heavy (non-hydrogen) atoms. The molecule has 1 nitrogen and oxygen atoms in total. The molecule has 0 atom stereocenters. The van der Waals surface area contributed by atoms with Crippen LogP contribution in [0.25, 0.3) is 20.7 Å². The lowest BCUT2D eigenvalue weighted by atomic mass is 10.2. The van der Waals surface area contributed by atoms with Gasteiger partial charge in [-0.25, -0.2) is 4.75 Å². The second kappa shape index (κ2) is 4.79. The molecule has 0 spiro atoms. The Labute approximate surface area is 106 Å². The quantitative estimate of drug-likeness (QED) is 0.624. The van der Waals surface area contributed by atoms with Crippen molar-refractivity contribution in [2.24, 2.45) is 0 Å². The van der Waals surface area contributed by atoms with Crippen LogP contribution in [-0.2, 0) is 0 Å². The van der Waals surface area contributed by atoms with E-state index in [9.17, 15) is 0 Å². The van der Waals surface area contributed by atoms with E-state index in [1.54, 1.807) is 11.3 Å². The minimum atomic E-state index is 1.06. The number of rotatable bonds is 2. The van der Waals surface area contributed by atoms with Gasteiger partial charge in [-0.1, -0.05) is 60.7 Å². The van der Waals surface area contributed by atoms with E-state index in [1.165, 1.54) is 15.7 Å². The maximum atomic E-state index is 4.58. The molecule has 0 unspecified atom stereocenters. The van der Waals surface area contributed by atoms with Crippen molar-refractivity contribution in [2.45, 2.75) is 0 Å². The zero-order valence-electron chi connectivity index (χ0n) is 9.08. The van der Waals surface area contributed by atoms with Gasteiger partial charge in [0.15, 0.2) is 0 Å². The Morgan fingerprint density at radius 2 is 1.35 bits per heavy atom. The summed E-state index contributed by atoms with van der Waals surface area (Å²) in [7, 11) is 1.06. The van der Waals surface area contributed by atoms with Gasteiger partial charge in [0.05, 0.1) is 13.0 Å². The van der Waals surface area contributed by atoms with Gasteiger partial charge in [0, 0.05) is 5.56 Å². The first-order chi connectivity index (χ1) is 8.43. The predicted molar refractivity (Wildman–Crippen MR) is 75.5 cm³/mol. The number of nitrogens with zero attached hydrogens (tertiary/aromatic N) is 1. The van der Waals surface area contributed by atoms with Crippen LogP contribution in [-0.4, -0.2) is 4.75 Å². The van der Waals surface area contributed by atoms with Gasteiger partial charge in [0.25, 0.3) is 0 Å². The van der Waals surface area contributed by atoms with E-state index in [1.807, 2.05) is 12.1 Å². The Morgan fingerprint density at radius 1 is 0.765 bits per heavy atom. The molecule has 0 saturated carbocycles. The standard InChI is InChI=1S/C14H10NPS/c1-3-7-11(8-4-1)13-15-16-14(17-13)12-9-5-2-6-10-12/h1-10H. The Hall–Kier alpha value is -1.50. The number of aromatic nitrogens is 1. The maximum Gasteiger partial charge on any atom is 0.129 e. The first-order valence-electron chi connectivity index (χ1n) is 5.38. The Morgan fingerprint density at radius 3 is 2.00 bits per heavy atom. The molecule has 3 rings (SSSR count). The number of benzene rings is 2. The van der Waals surface area contributed by atoms with Crippen LogP contribution in [0.3, 0.4) is 0 Å². The third-order valence-corrected chi connectivity index (χ3v) is 4.81. The van der Waals surface area contributed by atoms with Crippen LogP contribution in [0.1, 0.15) is 0 Å². The monoisotopic (exact) mass is 255 g/mol. The lowest BCUT2D eigenvalue weighted by Gasteiger charge is -1.94. The van der Waals surface area contributed by atoms with Gasteiger partial charge >= 0.3 is 0 Å². The summed E-state index contributed by atoms with van der Waals surface area (Å²) in [6, 6.07) is 20.8. The molecule has 0 aliphatic heterocycles. The van der Waals surface area contributed by atoms with Crippen LogP contribution in [0.4, 0.5) is 0 Å². The van der Waals surface area contributed by atoms with E-state index in [4.69, 9.17) is 0 Å². The van der Waals surface area contributed by atoms with Crippen molar-refractivity contribution in [1.82, 2.24) is 4.75 Å². The fraction of sp³-hybridized carbons (Fsp3) is 0. The molecular weight excluding hydrogens is 245 g/mol. The van der Waals surface area contributed by atoms with Crippen molar-refractivity contribution in [1.29, 1.82) is 0 Å². The molecule has 3 aromatic rings. The lowest BCUT2D eigenvalue weighted by Crippen LogP contribution is -1.70. The van der Waals surface area contributed by atoms with E-state index >= 15 is 0 Å². The average molecular weight is 255 g/mol. The first-order valence-corrected chi connectivity index (χ1v) is 7.04. The third-order valence-electron chi connectivity index (χ3n) is 2.47. The summed E-state index contributed by atoms with van der Waals surface area (Å²) in [6.45, 7) is 0. The van der Waals surface area contributed by atoms with Crippen LogP contribution >= 0.6 is 19.7 Å². The molecule has 0 radical (unpaired) electrons. The van der Waals surface area contributed by atoms with Crippen LogP contribution in [0, 0.1) is 0 Å². The van der Waals surface area contributed by atoms with Crippen molar-refractivity contribution in [3.8, 4) is 20.7 Å². The minimum absolute atomic E-state index is 1.06. The highest BCUT2D eigenvalue weighted by molar-refractivity contribution is 7.44. The van der Waals surface area contributed by atoms with E-state index in [0.29, 0.717) is 0 Å². The summed E-state index contributed by atoms with van der Waals surface area (Å²) in [4.78, 5) is 0. The lowest BCUT2D eigenvalue weighted by molar-refractivity contribution is 1.57. The highest BCUT2D eigenvalue weighted by Crippen LogP contribution is 2.37. The van der Waals surface area contributed by atoms with Gasteiger partial charge in [-0.15, -0.1) is 11.3 Å². The van der Waals surface area contributed by atoms with Crippen molar-refractivity contribution in [3.63, 3.8) is 0 Å². The average Bonchev–Trinajstić information content (AvgIpc) is 2.90. The highest BCUT2D eigenvalue weighted by Gasteiger charge is 2.06. The summed E-state index contributed by atoms with van der Waals surface area (Å²) in [5.41, 5.74) is 2.48. The van der Waals surface area contributed by atoms with E-state index in [0.717, 1.165) is 13.4 Å². The van der Waals surface area contributed by atoms with Gasteiger partial charge < -0.3 is 0 Å². The topological polar surface area (TPSA) is 12.9 Å². The van der Waals surface area contributed by atoms with E-state index in [2.05, 4.69) is 53.3 Å². The van der Waals surface area contributed by atoms with Crippen molar-refractivity contribution in [2.75, 3.05) is 0 Å². The van der Waals surface area contributed by atoms with Gasteiger partial charge in [-0.3, -0.25) is 0 Å². The van der Waals surface area contributed by atoms with Gasteiger partial charge in [0.1, 0.15) is 5.01 Å². The molecular formula is C14H10NPS. The zero-order chi connectivity index (χ0) is 11.5. The van der Waals surface area contributed by atoms with E-state index in [-0.39, 0.29) is 0 Å². The molecule has 1 aromatic heterocycles. The first kappa shape index (κ1) is 10.6. The van der Waals surface area contributed by atoms with E-state index < -0.39 is 0 Å². The fourth-order valence-electron chi connectivity index (χ4n) is 1.62. The Kier molecular flexibility index (Phi) is 3.00. The molecule has 0 N–H and O–H groups in total. The highest BCUT2D eigenvalue weighted by atomic mass is 32.1. The summed E-state index contributed by atoms with van der Waals surface area (Å²) >= 11 is 1.77. The van der Waals surface area contributed by atoms with Crippen LogP contribution in [0.2, 0.25) is 0 Å². The second-order valence-electron chi connectivity index (χ2n) is 3.64. The van der Waals surface area contributed by atoms with Gasteiger partial charge in [0.2, 0.25) is 0 Å². The summed E-state index contributed by atoms with van der Waals surface area (Å²) < 4.78 is 5.89. The Balaban J connectivity index is 1.99. The number of hydrogen-bond acceptors (Lipinski definition) is 2. The second-order valence-corrected chi connectivity index (χ2v) is 5.79. The summed E-state index contributed by atoms with van der Waals surface area (Å²) in [5.74, 6) is 0. The summed E-state index contributed by atoms with van der Waals surface area (Å²) in [6.07, 6.45) is 0. The Bertz CT molecular complexity index is 550. The maximum absolute atomic E-state index is 4.58. The SMILES string of the molecule is c1ccc(-c2npc(-c3ccccc3)s2)cc1. The number of hydrogen-bond donors (Lipinski definition) is 0. The van der Waals surface area contributed by atoms with Crippen molar-refractivity contribution >= 4 is 19.7 Å². The van der Waals surface area contributed by atoms with Gasteiger partial charge in [-0.05, 0) is 5.56 Å². The minimum Gasteiger partial charge on any atom is -0.215 e. The molecule has 2 aromatic carbocycles. The molecule has 1 heterocycles. The normalized spacial score (nSPS) is 10.8. The molecule has 0 aliphatic rings. The predicted octanol–water partition coefficient (Wildman–Crippen LogP) is 5.06. The van der Waals surface area contributed by atoms with Crippen LogP contribution < -0.4 is 0 Å². The molecule has 0 amide bonds. The zero-order valence-corrected chi connectivity index (χ0v) is 10.8. The van der Waals surface area contributed by atoms with Crippen molar-refractivity contribution < 1.29 is 0 Å². The van der Waals surface area contributed by atoms with Crippen molar-refractivity contribution in [3.05, 3.63) is 60.7 Å². The molecule has 82 valence electrons. The molecule has 0 saturated heterocycles.